The van der Waals surface area contributed by atoms with Gasteiger partial charge in [0.2, 0.25) is 0 Å². The molecule has 1 atom stereocenters. The maximum absolute atomic E-state index is 13.0. The van der Waals surface area contributed by atoms with Crippen LogP contribution in [0.1, 0.15) is 46.8 Å². The van der Waals surface area contributed by atoms with Gasteiger partial charge in [0.25, 0.3) is 5.91 Å². The van der Waals surface area contributed by atoms with Crippen LogP contribution in [0.5, 0.6) is 0 Å². The van der Waals surface area contributed by atoms with Crippen molar-refractivity contribution in [3.8, 4) is 0 Å². The number of nitrogens with zero attached hydrogens (tertiary/aromatic N) is 1. The van der Waals surface area contributed by atoms with E-state index in [1.807, 2.05) is 0 Å². The first-order valence-electron chi connectivity index (χ1n) is 12.4. The topological polar surface area (TPSA) is 140 Å². The Morgan fingerprint density at radius 1 is 1.14 bits per heavy atom. The number of carbonyl (C=O) groups excluding carboxylic acids is 1. The van der Waals surface area contributed by atoms with E-state index in [0.29, 0.717) is 13.2 Å². The largest absolute Gasteiger partial charge is 0.481 e. The van der Waals surface area contributed by atoms with Crippen LogP contribution in [0.3, 0.4) is 0 Å². The van der Waals surface area contributed by atoms with Crippen LogP contribution < -0.4 is 20.9 Å². The fourth-order valence-corrected chi connectivity index (χ4v) is 5.39. The van der Waals surface area contributed by atoms with Gasteiger partial charge < -0.3 is 35.8 Å². The molecule has 37 heavy (non-hydrogen) atoms. The number of aliphatic carboxylic acids is 2. The standard InChI is InChI=1S/C24H30N4O2.C3H4O4/c1-15-26-22-20(28(15)2)12-19(23(29)25-10-11-30-3)18-8-9-24(27-21(18)22)13-16-6-4-5-7-17(16)14-24;4-2(5)1-3(6)7/h4-7,12,15,26-27H,8-11,13-14H2,1-3H3,(H,25,29);1H2,(H,4,5)(H,6,7). The zero-order valence-electron chi connectivity index (χ0n) is 21.4. The van der Waals surface area contributed by atoms with Gasteiger partial charge in [-0.05, 0) is 55.4 Å². The van der Waals surface area contributed by atoms with Crippen LogP contribution in [0.2, 0.25) is 0 Å². The summed E-state index contributed by atoms with van der Waals surface area (Å²) in [5.74, 6) is -2.65. The second-order valence-corrected chi connectivity index (χ2v) is 9.84. The summed E-state index contributed by atoms with van der Waals surface area (Å²) in [6.45, 7) is 3.17. The highest BCUT2D eigenvalue weighted by Crippen LogP contribution is 2.49. The summed E-state index contributed by atoms with van der Waals surface area (Å²) in [5, 5.41) is 26.0. The molecular formula is C27H34N4O6. The summed E-state index contributed by atoms with van der Waals surface area (Å²) < 4.78 is 5.09. The maximum Gasteiger partial charge on any atom is 0.314 e. The number of carboxylic acids is 2. The van der Waals surface area contributed by atoms with E-state index in [9.17, 15) is 14.4 Å². The predicted molar refractivity (Wildman–Crippen MR) is 141 cm³/mol. The Hall–Kier alpha value is -3.79. The Morgan fingerprint density at radius 3 is 2.35 bits per heavy atom. The molecule has 3 aliphatic rings. The summed E-state index contributed by atoms with van der Waals surface area (Å²) in [7, 11) is 3.72. The van der Waals surface area contributed by atoms with E-state index in [1.165, 1.54) is 11.1 Å². The van der Waals surface area contributed by atoms with Gasteiger partial charge in [0.15, 0.2) is 0 Å². The van der Waals surface area contributed by atoms with Crippen molar-refractivity contribution in [2.24, 2.45) is 0 Å². The van der Waals surface area contributed by atoms with Crippen molar-refractivity contribution in [2.75, 3.05) is 42.8 Å². The molecule has 2 aliphatic heterocycles. The summed E-state index contributed by atoms with van der Waals surface area (Å²) in [4.78, 5) is 34.1. The first-order valence-corrected chi connectivity index (χ1v) is 12.4. The van der Waals surface area contributed by atoms with Gasteiger partial charge in [-0.25, -0.2) is 0 Å². The number of carbonyl (C=O) groups is 3. The lowest BCUT2D eigenvalue weighted by Gasteiger charge is -2.38. The Labute approximate surface area is 216 Å². The van der Waals surface area contributed by atoms with Gasteiger partial charge in [0, 0.05) is 31.8 Å². The van der Waals surface area contributed by atoms with E-state index in [4.69, 9.17) is 14.9 Å². The maximum atomic E-state index is 13.0. The average Bonchev–Trinajstić information content (AvgIpc) is 3.34. The van der Waals surface area contributed by atoms with Crippen LogP contribution in [-0.4, -0.2) is 67.1 Å². The fourth-order valence-electron chi connectivity index (χ4n) is 5.39. The Balaban J connectivity index is 0.000000405. The summed E-state index contributed by atoms with van der Waals surface area (Å²) in [6.07, 6.45) is 3.38. The lowest BCUT2D eigenvalue weighted by molar-refractivity contribution is -0.147. The minimum atomic E-state index is -1.31. The Morgan fingerprint density at radius 2 is 1.78 bits per heavy atom. The zero-order valence-corrected chi connectivity index (χ0v) is 21.4. The lowest BCUT2D eigenvalue weighted by atomic mass is 9.81. The second kappa shape index (κ2) is 10.7. The van der Waals surface area contributed by atoms with E-state index in [0.717, 1.165) is 53.9 Å². The van der Waals surface area contributed by atoms with E-state index in [1.54, 1.807) is 7.11 Å². The Bertz CT molecular complexity index is 1180. The van der Waals surface area contributed by atoms with Gasteiger partial charge in [0.1, 0.15) is 6.42 Å². The van der Waals surface area contributed by atoms with Crippen molar-refractivity contribution in [1.82, 2.24) is 5.32 Å². The fraction of sp³-hybridized carbons (Fsp3) is 0.444. The van der Waals surface area contributed by atoms with Crippen LogP contribution in [-0.2, 0) is 33.6 Å². The van der Waals surface area contributed by atoms with E-state index in [-0.39, 0.29) is 17.6 Å². The van der Waals surface area contributed by atoms with Crippen LogP contribution in [0.25, 0.3) is 0 Å². The molecule has 1 unspecified atom stereocenters. The predicted octanol–water partition coefficient (Wildman–Crippen LogP) is 2.71. The third-order valence-electron chi connectivity index (χ3n) is 7.29. The molecule has 5 N–H and O–H groups in total. The van der Waals surface area contributed by atoms with Gasteiger partial charge in [-0.15, -0.1) is 0 Å². The second-order valence-electron chi connectivity index (χ2n) is 9.84. The van der Waals surface area contributed by atoms with Gasteiger partial charge in [-0.2, -0.15) is 0 Å². The SMILES string of the molecule is COCCNC(=O)c1cc2c(c3c1CCC1(Cc4ccccc4C1)N3)NC(C)N2C.O=C(O)CC(=O)O. The molecule has 5 rings (SSSR count). The lowest BCUT2D eigenvalue weighted by Crippen LogP contribution is -2.43. The molecule has 0 aromatic heterocycles. The number of nitrogens with one attached hydrogen (secondary N) is 3. The third-order valence-corrected chi connectivity index (χ3v) is 7.29. The summed E-state index contributed by atoms with van der Waals surface area (Å²) >= 11 is 0. The van der Waals surface area contributed by atoms with Crippen molar-refractivity contribution in [2.45, 2.75) is 50.7 Å². The number of carboxylic acid groups (broad SMARTS) is 2. The highest BCUT2D eigenvalue weighted by Gasteiger charge is 2.42. The van der Waals surface area contributed by atoms with Gasteiger partial charge >= 0.3 is 11.9 Å². The van der Waals surface area contributed by atoms with Gasteiger partial charge in [0.05, 0.1) is 29.8 Å². The van der Waals surface area contributed by atoms with Crippen LogP contribution in [0.15, 0.2) is 30.3 Å². The minimum absolute atomic E-state index is 0.0217. The highest BCUT2D eigenvalue weighted by molar-refractivity contribution is 6.03. The monoisotopic (exact) mass is 510 g/mol. The molecule has 0 saturated heterocycles. The molecule has 2 aromatic carbocycles. The number of ether oxygens (including phenoxy) is 1. The van der Waals surface area contributed by atoms with Crippen molar-refractivity contribution in [1.29, 1.82) is 0 Å². The van der Waals surface area contributed by atoms with Gasteiger partial charge in [-0.1, -0.05) is 24.3 Å². The van der Waals surface area contributed by atoms with Crippen molar-refractivity contribution >= 4 is 34.9 Å². The average molecular weight is 511 g/mol. The van der Waals surface area contributed by atoms with Crippen LogP contribution >= 0.6 is 0 Å². The molecule has 198 valence electrons. The molecule has 2 aromatic rings. The van der Waals surface area contributed by atoms with Crippen molar-refractivity contribution < 1.29 is 29.3 Å². The van der Waals surface area contributed by atoms with E-state index in [2.05, 4.69) is 65.2 Å². The normalized spacial score (nSPS) is 17.9. The molecule has 10 nitrogen and oxygen atoms in total. The number of fused-ring (bicyclic) bond motifs is 4. The molecule has 0 bridgehead atoms. The number of hydrogen-bond donors (Lipinski definition) is 5. The van der Waals surface area contributed by atoms with E-state index < -0.39 is 18.4 Å². The highest BCUT2D eigenvalue weighted by atomic mass is 16.5. The molecule has 1 aliphatic carbocycles. The third kappa shape index (κ3) is 5.48. The van der Waals surface area contributed by atoms with Crippen LogP contribution in [0.4, 0.5) is 17.1 Å². The number of benzene rings is 2. The molecule has 1 spiro atoms. The smallest absolute Gasteiger partial charge is 0.314 e. The zero-order chi connectivity index (χ0) is 26.7. The number of rotatable bonds is 6. The van der Waals surface area contributed by atoms with E-state index >= 15 is 0 Å². The first kappa shape index (κ1) is 26.3. The molecule has 2 heterocycles. The molecular weight excluding hydrogens is 476 g/mol. The van der Waals surface area contributed by atoms with Crippen molar-refractivity contribution in [3.63, 3.8) is 0 Å². The summed E-state index contributed by atoms with van der Waals surface area (Å²) in [5.41, 5.74) is 8.14. The molecule has 0 radical (unpaired) electrons. The van der Waals surface area contributed by atoms with Crippen molar-refractivity contribution in [3.05, 3.63) is 52.6 Å². The number of hydrogen-bond acceptors (Lipinski definition) is 7. The molecule has 0 fully saturated rings. The van der Waals surface area contributed by atoms with Crippen LogP contribution in [0, 0.1) is 0 Å². The van der Waals surface area contributed by atoms with Gasteiger partial charge in [-0.3, -0.25) is 14.4 Å². The number of anilines is 3. The first-order chi connectivity index (χ1) is 17.6. The number of methoxy groups -OCH3 is 1. The molecule has 1 amide bonds. The summed E-state index contributed by atoms with van der Waals surface area (Å²) in [6, 6.07) is 10.8. The Kier molecular flexibility index (Phi) is 7.58. The minimum Gasteiger partial charge on any atom is -0.481 e. The molecule has 10 heteroatoms. The number of amides is 1. The molecule has 0 saturated carbocycles. The quantitative estimate of drug-likeness (QED) is 0.293.